The van der Waals surface area contributed by atoms with Gasteiger partial charge in [0.05, 0.1) is 6.04 Å². The molecule has 1 atom stereocenters. The van der Waals surface area contributed by atoms with Crippen LogP contribution in [0.15, 0.2) is 66.7 Å². The van der Waals surface area contributed by atoms with E-state index in [0.717, 1.165) is 35.2 Å². The van der Waals surface area contributed by atoms with E-state index < -0.39 is 0 Å². The van der Waals surface area contributed by atoms with E-state index in [1.165, 1.54) is 12.1 Å². The van der Waals surface area contributed by atoms with Crippen LogP contribution in [0, 0.1) is 12.7 Å². The van der Waals surface area contributed by atoms with Gasteiger partial charge in [0.2, 0.25) is 0 Å². The molecule has 4 rings (SSSR count). The molecule has 0 unspecified atom stereocenters. The minimum Gasteiger partial charge on any atom is -0.346 e. The standard InChI is InChI=1S/C26H25FN2O2/c1-17-5-3-6-22(15-17)26(31)29-14-4-7-20-16-21(10-13-24(20)29)25(30)28-18(2)19-8-11-23(27)12-9-19/h3,5-6,8-13,15-16,18H,4,7,14H2,1-2H3,(H,28,30)/t18-/m0/s1. The number of nitrogens with one attached hydrogen (secondary N) is 1. The molecule has 0 saturated carbocycles. The molecule has 0 radical (unpaired) electrons. The summed E-state index contributed by atoms with van der Waals surface area (Å²) in [4.78, 5) is 27.7. The molecular formula is C26H25FN2O2. The van der Waals surface area contributed by atoms with E-state index in [2.05, 4.69) is 5.32 Å². The highest BCUT2D eigenvalue weighted by molar-refractivity contribution is 6.07. The second-order valence-corrected chi connectivity index (χ2v) is 8.02. The van der Waals surface area contributed by atoms with Crippen molar-refractivity contribution in [1.29, 1.82) is 0 Å². The predicted octanol–water partition coefficient (Wildman–Crippen LogP) is 5.22. The smallest absolute Gasteiger partial charge is 0.258 e. The van der Waals surface area contributed by atoms with Crippen LogP contribution in [0.4, 0.5) is 10.1 Å². The van der Waals surface area contributed by atoms with Crippen LogP contribution in [0.5, 0.6) is 0 Å². The topological polar surface area (TPSA) is 49.4 Å². The Bertz CT molecular complexity index is 1120. The van der Waals surface area contributed by atoms with Gasteiger partial charge in [0.15, 0.2) is 0 Å². The molecule has 2 amide bonds. The third-order valence-corrected chi connectivity index (χ3v) is 5.69. The average molecular weight is 416 g/mol. The van der Waals surface area contributed by atoms with Gasteiger partial charge in [-0.1, -0.05) is 29.8 Å². The number of amides is 2. The number of carbonyl (C=O) groups is 2. The molecule has 5 heteroatoms. The molecule has 0 saturated heterocycles. The Labute approximate surface area is 181 Å². The Morgan fingerprint density at radius 2 is 1.77 bits per heavy atom. The molecule has 158 valence electrons. The van der Waals surface area contributed by atoms with Crippen LogP contribution < -0.4 is 10.2 Å². The summed E-state index contributed by atoms with van der Waals surface area (Å²) in [7, 11) is 0. The monoisotopic (exact) mass is 416 g/mol. The van der Waals surface area contributed by atoms with E-state index in [9.17, 15) is 14.0 Å². The number of anilines is 1. The fraction of sp³-hybridized carbons (Fsp3) is 0.231. The summed E-state index contributed by atoms with van der Waals surface area (Å²) in [6, 6.07) is 18.9. The Hall–Kier alpha value is -3.47. The van der Waals surface area contributed by atoms with Crippen molar-refractivity contribution in [2.24, 2.45) is 0 Å². The molecule has 0 bridgehead atoms. The lowest BCUT2D eigenvalue weighted by Gasteiger charge is -2.30. The van der Waals surface area contributed by atoms with E-state index in [1.54, 1.807) is 23.1 Å². The molecule has 1 N–H and O–H groups in total. The van der Waals surface area contributed by atoms with Crippen molar-refractivity contribution in [2.45, 2.75) is 32.7 Å². The molecule has 0 spiro atoms. The number of nitrogens with zero attached hydrogens (tertiary/aromatic N) is 1. The van der Waals surface area contributed by atoms with Crippen molar-refractivity contribution < 1.29 is 14.0 Å². The minimum atomic E-state index is -0.304. The van der Waals surface area contributed by atoms with E-state index in [4.69, 9.17) is 0 Å². The maximum absolute atomic E-state index is 13.1. The minimum absolute atomic E-state index is 0.0215. The molecule has 4 nitrogen and oxygen atoms in total. The van der Waals surface area contributed by atoms with E-state index >= 15 is 0 Å². The number of hydrogen-bond donors (Lipinski definition) is 1. The molecular weight excluding hydrogens is 391 g/mol. The number of aryl methyl sites for hydroxylation is 2. The highest BCUT2D eigenvalue weighted by Gasteiger charge is 2.25. The zero-order chi connectivity index (χ0) is 22.0. The van der Waals surface area contributed by atoms with Gasteiger partial charge in [0.1, 0.15) is 5.82 Å². The maximum atomic E-state index is 13.1. The molecule has 0 fully saturated rings. The second-order valence-electron chi connectivity index (χ2n) is 8.02. The fourth-order valence-corrected chi connectivity index (χ4v) is 4.00. The number of rotatable bonds is 4. The first kappa shape index (κ1) is 20.8. The van der Waals surface area contributed by atoms with Gasteiger partial charge in [-0.3, -0.25) is 9.59 Å². The molecule has 0 aromatic heterocycles. The quantitative estimate of drug-likeness (QED) is 0.634. The van der Waals surface area contributed by atoms with Gasteiger partial charge in [-0.25, -0.2) is 4.39 Å². The lowest BCUT2D eigenvalue weighted by atomic mass is 9.97. The summed E-state index contributed by atoms with van der Waals surface area (Å²) < 4.78 is 13.1. The number of hydrogen-bond acceptors (Lipinski definition) is 2. The van der Waals surface area contributed by atoms with Crippen LogP contribution in [0.3, 0.4) is 0 Å². The SMILES string of the molecule is Cc1cccc(C(=O)N2CCCc3cc(C(=O)N[C@@H](C)c4ccc(F)cc4)ccc32)c1. The fourth-order valence-electron chi connectivity index (χ4n) is 4.00. The molecule has 0 aliphatic carbocycles. The largest absolute Gasteiger partial charge is 0.346 e. The molecule has 3 aromatic carbocycles. The summed E-state index contributed by atoms with van der Waals surface area (Å²) in [5.74, 6) is -0.518. The molecule has 1 aliphatic heterocycles. The zero-order valence-electron chi connectivity index (χ0n) is 17.7. The Morgan fingerprint density at radius 1 is 1.00 bits per heavy atom. The predicted molar refractivity (Wildman–Crippen MR) is 120 cm³/mol. The summed E-state index contributed by atoms with van der Waals surface area (Å²) in [6.45, 7) is 4.50. The van der Waals surface area contributed by atoms with Gasteiger partial charge >= 0.3 is 0 Å². The lowest BCUT2D eigenvalue weighted by molar-refractivity contribution is 0.0939. The number of carbonyl (C=O) groups excluding carboxylic acids is 2. The van der Waals surface area contributed by atoms with Gasteiger partial charge < -0.3 is 10.2 Å². The van der Waals surface area contributed by atoms with Crippen LogP contribution >= 0.6 is 0 Å². The van der Waals surface area contributed by atoms with Crippen molar-refractivity contribution >= 4 is 17.5 Å². The van der Waals surface area contributed by atoms with Crippen molar-refractivity contribution in [2.75, 3.05) is 11.4 Å². The number of fused-ring (bicyclic) bond motifs is 1. The Balaban J connectivity index is 1.53. The summed E-state index contributed by atoms with van der Waals surface area (Å²) in [5.41, 5.74) is 4.96. The summed E-state index contributed by atoms with van der Waals surface area (Å²) in [6.07, 6.45) is 1.67. The zero-order valence-corrected chi connectivity index (χ0v) is 17.7. The second kappa shape index (κ2) is 8.72. The van der Waals surface area contributed by atoms with Gasteiger partial charge in [0, 0.05) is 23.4 Å². The van der Waals surface area contributed by atoms with E-state index in [0.29, 0.717) is 17.7 Å². The van der Waals surface area contributed by atoms with Crippen molar-refractivity contribution in [3.05, 3.63) is 100 Å². The normalized spacial score (nSPS) is 14.0. The van der Waals surface area contributed by atoms with Crippen LogP contribution in [0.2, 0.25) is 0 Å². The van der Waals surface area contributed by atoms with Crippen molar-refractivity contribution in [3.63, 3.8) is 0 Å². The number of halogens is 1. The maximum Gasteiger partial charge on any atom is 0.258 e. The van der Waals surface area contributed by atoms with Crippen molar-refractivity contribution in [3.8, 4) is 0 Å². The molecule has 3 aromatic rings. The number of benzene rings is 3. The Kier molecular flexibility index (Phi) is 5.85. The first-order valence-electron chi connectivity index (χ1n) is 10.5. The van der Waals surface area contributed by atoms with E-state index in [1.807, 2.05) is 50.2 Å². The summed E-state index contributed by atoms with van der Waals surface area (Å²) >= 11 is 0. The molecule has 1 heterocycles. The average Bonchev–Trinajstić information content (AvgIpc) is 2.78. The van der Waals surface area contributed by atoms with Gasteiger partial charge in [-0.05, 0) is 80.3 Å². The summed E-state index contributed by atoms with van der Waals surface area (Å²) in [5, 5.41) is 2.96. The third kappa shape index (κ3) is 4.50. The Morgan fingerprint density at radius 3 is 2.52 bits per heavy atom. The highest BCUT2D eigenvalue weighted by atomic mass is 19.1. The van der Waals surface area contributed by atoms with Crippen molar-refractivity contribution in [1.82, 2.24) is 5.32 Å². The van der Waals surface area contributed by atoms with Gasteiger partial charge in [-0.2, -0.15) is 0 Å². The van der Waals surface area contributed by atoms with Crippen LogP contribution in [-0.2, 0) is 6.42 Å². The van der Waals surface area contributed by atoms with Gasteiger partial charge in [0.25, 0.3) is 11.8 Å². The van der Waals surface area contributed by atoms with Crippen LogP contribution in [-0.4, -0.2) is 18.4 Å². The highest BCUT2D eigenvalue weighted by Crippen LogP contribution is 2.30. The van der Waals surface area contributed by atoms with E-state index in [-0.39, 0.29) is 23.7 Å². The van der Waals surface area contributed by atoms with Crippen LogP contribution in [0.25, 0.3) is 0 Å². The first-order valence-corrected chi connectivity index (χ1v) is 10.5. The van der Waals surface area contributed by atoms with Crippen LogP contribution in [0.1, 0.15) is 56.8 Å². The third-order valence-electron chi connectivity index (χ3n) is 5.69. The molecule has 31 heavy (non-hydrogen) atoms. The first-order chi connectivity index (χ1) is 14.9. The van der Waals surface area contributed by atoms with Gasteiger partial charge in [-0.15, -0.1) is 0 Å². The molecule has 1 aliphatic rings. The lowest BCUT2D eigenvalue weighted by Crippen LogP contribution is -2.35.